The highest BCUT2D eigenvalue weighted by molar-refractivity contribution is 8.03. The van der Waals surface area contributed by atoms with Gasteiger partial charge in [0.05, 0.1) is 0 Å². The third-order valence-corrected chi connectivity index (χ3v) is 12.0. The van der Waals surface area contributed by atoms with Crippen LogP contribution in [0, 0.1) is 0 Å². The zero-order valence-electron chi connectivity index (χ0n) is 26.8. The summed E-state index contributed by atoms with van der Waals surface area (Å²) >= 11 is 1.93. The van der Waals surface area contributed by atoms with Crippen LogP contribution in [-0.2, 0) is 0 Å². The summed E-state index contributed by atoms with van der Waals surface area (Å²) < 4.78 is 0. The lowest BCUT2D eigenvalue weighted by atomic mass is 9.82. The van der Waals surface area contributed by atoms with Gasteiger partial charge in [0.1, 0.15) is 0 Å². The van der Waals surface area contributed by atoms with E-state index in [1.807, 2.05) is 11.8 Å². The molecule has 11 rings (SSSR count). The van der Waals surface area contributed by atoms with Crippen molar-refractivity contribution in [2.24, 2.45) is 0 Å². The Hall–Kier alpha value is -5.63. The monoisotopic (exact) mass is 638 g/mol. The molecule has 8 aromatic carbocycles. The molecule has 0 saturated heterocycles. The van der Waals surface area contributed by atoms with Crippen molar-refractivity contribution in [2.45, 2.75) is 17.7 Å². The molecule has 0 amide bonds. The van der Waals surface area contributed by atoms with Crippen LogP contribution >= 0.6 is 11.8 Å². The lowest BCUT2D eigenvalue weighted by molar-refractivity contribution is 1.05. The van der Waals surface area contributed by atoms with E-state index in [0.717, 1.165) is 12.8 Å². The van der Waals surface area contributed by atoms with Gasteiger partial charge in [-0.3, -0.25) is 0 Å². The molecule has 1 heterocycles. The van der Waals surface area contributed by atoms with Gasteiger partial charge in [0.25, 0.3) is 0 Å². The van der Waals surface area contributed by atoms with Gasteiger partial charge < -0.3 is 0 Å². The summed E-state index contributed by atoms with van der Waals surface area (Å²) in [6, 6.07) is 54.6. The number of rotatable bonds is 3. The summed E-state index contributed by atoms with van der Waals surface area (Å²) in [7, 11) is 0. The average Bonchev–Trinajstić information content (AvgIpc) is 3.50. The molecule has 3 aliphatic rings. The van der Waals surface area contributed by atoms with Gasteiger partial charge >= 0.3 is 0 Å². The minimum absolute atomic E-state index is 1.12. The van der Waals surface area contributed by atoms with Crippen molar-refractivity contribution < 1.29 is 0 Å². The fraction of sp³-hybridized carbons (Fsp3) is 0.0417. The Balaban J connectivity index is 1.15. The number of benzene rings is 8. The van der Waals surface area contributed by atoms with Crippen molar-refractivity contribution in [2.75, 3.05) is 0 Å². The number of allylic oxidation sites excluding steroid dienone is 3. The van der Waals surface area contributed by atoms with E-state index in [1.54, 1.807) is 0 Å². The molecule has 0 unspecified atom stereocenters. The molecule has 8 aromatic rings. The molecule has 228 valence electrons. The molecule has 0 spiro atoms. The van der Waals surface area contributed by atoms with Crippen molar-refractivity contribution in [3.8, 4) is 55.6 Å². The summed E-state index contributed by atoms with van der Waals surface area (Å²) in [5, 5.41) is 8.00. The molecular formula is C48H30S. The fourth-order valence-corrected chi connectivity index (χ4v) is 10.0. The minimum Gasteiger partial charge on any atom is -0.0891 e. The van der Waals surface area contributed by atoms with Crippen LogP contribution in [0.25, 0.3) is 93.5 Å². The SMILES string of the molecule is C1=CC2=C(CC1)c1cccc3c(-c4ccc(-c5c6c(c(-c7ccccc7)c7ccccc57)-c5cccc7cccc-6c57)cc4)ccc(c13)S2. The quantitative estimate of drug-likeness (QED) is 0.186. The van der Waals surface area contributed by atoms with Gasteiger partial charge in [0.15, 0.2) is 0 Å². The molecule has 0 N–H and O–H groups in total. The first kappa shape index (κ1) is 27.3. The molecular weight excluding hydrogens is 609 g/mol. The average molecular weight is 639 g/mol. The number of hydrogen-bond donors (Lipinski definition) is 0. The van der Waals surface area contributed by atoms with Crippen LogP contribution in [0.1, 0.15) is 18.4 Å². The lowest BCUT2D eigenvalue weighted by Crippen LogP contribution is -2.00. The van der Waals surface area contributed by atoms with Crippen LogP contribution in [0.15, 0.2) is 168 Å². The van der Waals surface area contributed by atoms with E-state index in [1.165, 1.54) is 109 Å². The van der Waals surface area contributed by atoms with Gasteiger partial charge in [-0.15, -0.1) is 0 Å². The highest BCUT2D eigenvalue weighted by Crippen LogP contribution is 2.58. The number of thioether (sulfide) groups is 1. The second-order valence-electron chi connectivity index (χ2n) is 13.4. The molecule has 2 aliphatic carbocycles. The first-order valence-corrected chi connectivity index (χ1v) is 18.1. The third-order valence-electron chi connectivity index (χ3n) is 10.9. The van der Waals surface area contributed by atoms with Gasteiger partial charge in [-0.05, 0) is 113 Å². The van der Waals surface area contributed by atoms with E-state index < -0.39 is 0 Å². The summed E-state index contributed by atoms with van der Waals surface area (Å²) in [5.74, 6) is 0. The second-order valence-corrected chi connectivity index (χ2v) is 14.5. The Kier molecular flexibility index (Phi) is 5.82. The van der Waals surface area contributed by atoms with E-state index in [0.29, 0.717) is 0 Å². The van der Waals surface area contributed by atoms with Crippen molar-refractivity contribution in [3.63, 3.8) is 0 Å². The molecule has 1 heteroatoms. The summed E-state index contributed by atoms with van der Waals surface area (Å²) in [4.78, 5) is 2.78. The van der Waals surface area contributed by atoms with E-state index in [4.69, 9.17) is 0 Å². The summed E-state index contributed by atoms with van der Waals surface area (Å²) in [5.41, 5.74) is 16.0. The number of fused-ring (bicyclic) bond motifs is 5. The van der Waals surface area contributed by atoms with Gasteiger partial charge in [-0.1, -0.05) is 163 Å². The Morgan fingerprint density at radius 2 is 1.02 bits per heavy atom. The Morgan fingerprint density at radius 1 is 0.408 bits per heavy atom. The number of hydrogen-bond acceptors (Lipinski definition) is 1. The van der Waals surface area contributed by atoms with E-state index in [9.17, 15) is 0 Å². The molecule has 0 bridgehead atoms. The summed E-state index contributed by atoms with van der Waals surface area (Å²) in [6.07, 6.45) is 6.88. The van der Waals surface area contributed by atoms with Gasteiger partial charge in [0, 0.05) is 15.2 Å². The largest absolute Gasteiger partial charge is 0.0891 e. The molecule has 0 radical (unpaired) electrons. The van der Waals surface area contributed by atoms with Gasteiger partial charge in [-0.25, -0.2) is 0 Å². The first-order chi connectivity index (χ1) is 24.3. The van der Waals surface area contributed by atoms with Crippen LogP contribution in [0.3, 0.4) is 0 Å². The van der Waals surface area contributed by atoms with Crippen LogP contribution in [-0.4, -0.2) is 0 Å². The summed E-state index contributed by atoms with van der Waals surface area (Å²) in [6.45, 7) is 0. The lowest BCUT2D eigenvalue weighted by Gasteiger charge is -2.25. The predicted octanol–water partition coefficient (Wildman–Crippen LogP) is 14.0. The smallest absolute Gasteiger partial charge is 0.0207 e. The Labute approximate surface area is 290 Å². The second kappa shape index (κ2) is 10.4. The highest BCUT2D eigenvalue weighted by atomic mass is 32.2. The maximum Gasteiger partial charge on any atom is 0.0207 e. The molecule has 0 nitrogen and oxygen atoms in total. The van der Waals surface area contributed by atoms with E-state index in [-0.39, 0.29) is 0 Å². The standard InChI is InChI=1S/C48H30S/c1-2-11-31(12-3-1)44-37-16-4-5-17-38(37)45(48-40-21-9-14-30-13-8-20-39(43(30)40)47(44)48)32-25-23-29(24-26-32)33-27-28-42-46-35(33)18-10-19-36(46)34-15-6-7-22-41(34)49-42/h1-5,7-14,16-28H,6,15H2. The maximum atomic E-state index is 2.36. The van der Waals surface area contributed by atoms with E-state index in [2.05, 4.69) is 158 Å². The van der Waals surface area contributed by atoms with Crippen molar-refractivity contribution in [1.29, 1.82) is 0 Å². The topological polar surface area (TPSA) is 0 Å². The zero-order valence-corrected chi connectivity index (χ0v) is 27.7. The van der Waals surface area contributed by atoms with Gasteiger partial charge in [0.2, 0.25) is 0 Å². The predicted molar refractivity (Wildman–Crippen MR) is 211 cm³/mol. The highest BCUT2D eigenvalue weighted by Gasteiger charge is 2.30. The maximum absolute atomic E-state index is 2.36. The van der Waals surface area contributed by atoms with Crippen LogP contribution < -0.4 is 0 Å². The minimum atomic E-state index is 1.12. The molecule has 49 heavy (non-hydrogen) atoms. The fourth-order valence-electron chi connectivity index (χ4n) is 8.84. The van der Waals surface area contributed by atoms with Crippen LogP contribution in [0.2, 0.25) is 0 Å². The molecule has 0 saturated carbocycles. The Morgan fingerprint density at radius 3 is 1.76 bits per heavy atom. The third kappa shape index (κ3) is 3.88. The first-order valence-electron chi connectivity index (χ1n) is 17.2. The molecule has 0 fully saturated rings. The molecule has 1 aliphatic heterocycles. The normalized spacial score (nSPS) is 14.1. The van der Waals surface area contributed by atoms with E-state index >= 15 is 0 Å². The van der Waals surface area contributed by atoms with Crippen LogP contribution in [0.5, 0.6) is 0 Å². The van der Waals surface area contributed by atoms with Crippen LogP contribution in [0.4, 0.5) is 0 Å². The molecule has 0 aromatic heterocycles. The zero-order chi connectivity index (χ0) is 32.1. The van der Waals surface area contributed by atoms with Crippen molar-refractivity contribution in [3.05, 3.63) is 168 Å². The molecule has 0 atom stereocenters. The van der Waals surface area contributed by atoms with Crippen molar-refractivity contribution >= 4 is 49.7 Å². The van der Waals surface area contributed by atoms with Gasteiger partial charge in [-0.2, -0.15) is 0 Å². The Bertz CT molecular complexity index is 2760. The van der Waals surface area contributed by atoms with Crippen molar-refractivity contribution in [1.82, 2.24) is 0 Å².